The average molecular weight is 449 g/mol. The number of carbonyl (C=O) groups excluding carboxylic acids is 1. The van der Waals surface area contributed by atoms with Crippen LogP contribution in [-0.2, 0) is 4.79 Å². The Bertz CT molecular complexity index is 1190. The van der Waals surface area contributed by atoms with Crippen LogP contribution in [0.5, 0.6) is 0 Å². The number of thiazole rings is 1. The highest BCUT2D eigenvalue weighted by Gasteiger charge is 2.24. The van der Waals surface area contributed by atoms with Crippen LogP contribution in [0.4, 0.5) is 10.1 Å². The first-order chi connectivity index (χ1) is 15.0. The van der Waals surface area contributed by atoms with Gasteiger partial charge in [-0.25, -0.2) is 9.37 Å². The molecule has 0 saturated heterocycles. The highest BCUT2D eigenvalue weighted by molar-refractivity contribution is 8.01. The van der Waals surface area contributed by atoms with Crippen LogP contribution in [0, 0.1) is 19.7 Å². The van der Waals surface area contributed by atoms with Gasteiger partial charge in [0.2, 0.25) is 5.91 Å². The van der Waals surface area contributed by atoms with Gasteiger partial charge in [-0.15, -0.1) is 11.3 Å². The van der Waals surface area contributed by atoms with Gasteiger partial charge in [0, 0.05) is 16.6 Å². The van der Waals surface area contributed by atoms with Crippen molar-refractivity contribution >= 4 is 34.7 Å². The molecule has 0 spiro atoms. The number of rotatable bonds is 6. The fourth-order valence-electron chi connectivity index (χ4n) is 3.14. The molecule has 0 bridgehead atoms. The third-order valence-electron chi connectivity index (χ3n) is 4.83. The summed E-state index contributed by atoms with van der Waals surface area (Å²) in [5.74, 6) is -0.371. The highest BCUT2D eigenvalue weighted by Crippen LogP contribution is 2.39. The van der Waals surface area contributed by atoms with Crippen molar-refractivity contribution < 1.29 is 9.18 Å². The van der Waals surface area contributed by atoms with Crippen LogP contribution >= 0.6 is 23.1 Å². The monoisotopic (exact) mass is 448 g/mol. The molecule has 0 aliphatic rings. The molecule has 4 aromatic rings. The standard InChI is InChI=1S/C25H21FN2OS2/c1-16-8-9-17(2)21(14-16)27-24(29)23(19-6-4-3-5-7-19)31-25-28-22(15-30-25)18-10-12-20(26)13-11-18/h3-15,23H,1-2H3,(H,27,29). The van der Waals surface area contributed by atoms with Crippen LogP contribution in [0.3, 0.4) is 0 Å². The Morgan fingerprint density at radius 2 is 1.77 bits per heavy atom. The number of aromatic nitrogens is 1. The summed E-state index contributed by atoms with van der Waals surface area (Å²) in [7, 11) is 0. The van der Waals surface area contributed by atoms with Crippen LogP contribution in [-0.4, -0.2) is 10.9 Å². The summed E-state index contributed by atoms with van der Waals surface area (Å²) in [5, 5.41) is 4.57. The summed E-state index contributed by atoms with van der Waals surface area (Å²) < 4.78 is 14.0. The van der Waals surface area contributed by atoms with Gasteiger partial charge in [0.05, 0.1) is 5.69 Å². The van der Waals surface area contributed by atoms with E-state index in [9.17, 15) is 9.18 Å². The molecule has 3 nitrogen and oxygen atoms in total. The zero-order valence-electron chi connectivity index (χ0n) is 17.1. The molecule has 0 aliphatic carbocycles. The fraction of sp³-hybridized carbons (Fsp3) is 0.120. The van der Waals surface area contributed by atoms with Crippen molar-refractivity contribution in [3.8, 4) is 11.3 Å². The van der Waals surface area contributed by atoms with Crippen molar-refractivity contribution in [3.05, 3.63) is 101 Å². The zero-order valence-corrected chi connectivity index (χ0v) is 18.8. The maximum absolute atomic E-state index is 13.3. The number of amides is 1. The smallest absolute Gasteiger partial charge is 0.242 e. The summed E-state index contributed by atoms with van der Waals surface area (Å²) in [5.41, 5.74) is 5.46. The molecule has 1 heterocycles. The van der Waals surface area contributed by atoms with E-state index in [4.69, 9.17) is 0 Å². The summed E-state index contributed by atoms with van der Waals surface area (Å²) in [6, 6.07) is 22.0. The van der Waals surface area contributed by atoms with Gasteiger partial charge in [-0.3, -0.25) is 4.79 Å². The minimum absolute atomic E-state index is 0.0940. The number of hydrogen-bond donors (Lipinski definition) is 1. The van der Waals surface area contributed by atoms with Crippen LogP contribution in [0.25, 0.3) is 11.3 Å². The minimum atomic E-state index is -0.451. The SMILES string of the molecule is Cc1ccc(C)c(NC(=O)C(Sc2nc(-c3ccc(F)cc3)cs2)c2ccccc2)c1. The first-order valence-electron chi connectivity index (χ1n) is 9.81. The van der Waals surface area contributed by atoms with Crippen LogP contribution in [0.1, 0.15) is 21.9 Å². The fourth-order valence-corrected chi connectivity index (χ4v) is 5.15. The predicted molar refractivity (Wildman–Crippen MR) is 127 cm³/mol. The lowest BCUT2D eigenvalue weighted by molar-refractivity contribution is -0.115. The van der Waals surface area contributed by atoms with Crippen molar-refractivity contribution in [1.29, 1.82) is 0 Å². The lowest BCUT2D eigenvalue weighted by atomic mass is 10.1. The molecule has 0 saturated carbocycles. The number of carbonyl (C=O) groups is 1. The van der Waals surface area contributed by atoms with E-state index in [1.807, 2.05) is 67.8 Å². The lowest BCUT2D eigenvalue weighted by Gasteiger charge is -2.17. The predicted octanol–water partition coefficient (Wildman–Crippen LogP) is 7.04. The van der Waals surface area contributed by atoms with E-state index >= 15 is 0 Å². The van der Waals surface area contributed by atoms with E-state index in [1.165, 1.54) is 35.2 Å². The van der Waals surface area contributed by atoms with Crippen molar-refractivity contribution in [1.82, 2.24) is 4.98 Å². The molecule has 1 amide bonds. The third kappa shape index (κ3) is 5.21. The number of nitrogens with one attached hydrogen (secondary N) is 1. The van der Waals surface area contributed by atoms with Crippen molar-refractivity contribution in [2.75, 3.05) is 5.32 Å². The number of nitrogens with zero attached hydrogens (tertiary/aromatic N) is 1. The number of thioether (sulfide) groups is 1. The topological polar surface area (TPSA) is 42.0 Å². The number of benzene rings is 3. The summed E-state index contributed by atoms with van der Waals surface area (Å²) in [4.78, 5) is 18.0. The maximum Gasteiger partial charge on any atom is 0.242 e. The van der Waals surface area contributed by atoms with E-state index < -0.39 is 5.25 Å². The Morgan fingerprint density at radius 3 is 2.52 bits per heavy atom. The molecule has 31 heavy (non-hydrogen) atoms. The second kappa shape index (κ2) is 9.45. The molecular formula is C25H21FN2OS2. The summed E-state index contributed by atoms with van der Waals surface area (Å²) in [6.07, 6.45) is 0. The van der Waals surface area contributed by atoms with E-state index in [1.54, 1.807) is 12.1 Å². The normalized spacial score (nSPS) is 11.8. The van der Waals surface area contributed by atoms with Gasteiger partial charge in [-0.2, -0.15) is 0 Å². The van der Waals surface area contributed by atoms with E-state index in [2.05, 4.69) is 10.3 Å². The van der Waals surface area contributed by atoms with Gasteiger partial charge in [0.15, 0.2) is 4.34 Å². The number of halogens is 1. The largest absolute Gasteiger partial charge is 0.325 e. The van der Waals surface area contributed by atoms with Crippen molar-refractivity contribution in [3.63, 3.8) is 0 Å². The Hall–Kier alpha value is -2.96. The van der Waals surface area contributed by atoms with Gasteiger partial charge in [-0.1, -0.05) is 54.2 Å². The molecule has 6 heteroatoms. The molecular weight excluding hydrogens is 427 g/mol. The van der Waals surface area contributed by atoms with Gasteiger partial charge in [0.25, 0.3) is 0 Å². The molecule has 1 unspecified atom stereocenters. The number of aryl methyl sites for hydroxylation is 2. The van der Waals surface area contributed by atoms with Gasteiger partial charge >= 0.3 is 0 Å². The lowest BCUT2D eigenvalue weighted by Crippen LogP contribution is -2.19. The summed E-state index contributed by atoms with van der Waals surface area (Å²) in [6.45, 7) is 3.99. The van der Waals surface area contributed by atoms with Gasteiger partial charge in [0.1, 0.15) is 11.1 Å². The highest BCUT2D eigenvalue weighted by atomic mass is 32.2. The Labute approximate surface area is 189 Å². The molecule has 1 N–H and O–H groups in total. The molecule has 0 aliphatic heterocycles. The number of anilines is 1. The van der Waals surface area contributed by atoms with Gasteiger partial charge in [-0.05, 0) is 60.9 Å². The third-order valence-corrected chi connectivity index (χ3v) is 7.06. The zero-order chi connectivity index (χ0) is 21.8. The van der Waals surface area contributed by atoms with E-state index in [0.717, 1.165) is 38.0 Å². The average Bonchev–Trinajstić information content (AvgIpc) is 3.24. The second-order valence-electron chi connectivity index (χ2n) is 7.22. The van der Waals surface area contributed by atoms with Crippen molar-refractivity contribution in [2.24, 2.45) is 0 Å². The van der Waals surface area contributed by atoms with E-state index in [-0.39, 0.29) is 11.7 Å². The first-order valence-corrected chi connectivity index (χ1v) is 11.6. The maximum atomic E-state index is 13.3. The first kappa shape index (κ1) is 21.3. The molecule has 0 fully saturated rings. The summed E-state index contributed by atoms with van der Waals surface area (Å²) >= 11 is 2.90. The van der Waals surface area contributed by atoms with Crippen LogP contribution in [0.2, 0.25) is 0 Å². The molecule has 0 radical (unpaired) electrons. The Morgan fingerprint density at radius 1 is 1.03 bits per heavy atom. The van der Waals surface area contributed by atoms with E-state index in [0.29, 0.717) is 0 Å². The molecule has 3 aromatic carbocycles. The molecule has 1 atom stereocenters. The van der Waals surface area contributed by atoms with Crippen molar-refractivity contribution in [2.45, 2.75) is 23.4 Å². The van der Waals surface area contributed by atoms with Crippen LogP contribution < -0.4 is 5.32 Å². The molecule has 4 rings (SSSR count). The minimum Gasteiger partial charge on any atom is -0.325 e. The second-order valence-corrected chi connectivity index (χ2v) is 9.43. The molecule has 156 valence electrons. The number of hydrogen-bond acceptors (Lipinski definition) is 4. The Balaban J connectivity index is 1.60. The van der Waals surface area contributed by atoms with Gasteiger partial charge < -0.3 is 5.32 Å². The van der Waals surface area contributed by atoms with Crippen LogP contribution in [0.15, 0.2) is 82.5 Å². The molecule has 1 aromatic heterocycles. The quantitative estimate of drug-likeness (QED) is 0.322. The Kier molecular flexibility index (Phi) is 6.49.